The second-order valence-corrected chi connectivity index (χ2v) is 16.9. The number of benzene rings is 4. The maximum atomic E-state index is 11.9. The molecule has 4 aromatic carbocycles. The maximum Gasteiger partial charge on any atom is 0.311 e. The van der Waals surface area contributed by atoms with Crippen LogP contribution in [0.1, 0.15) is 66.0 Å². The molecule has 0 unspecified atom stereocenters. The zero-order valence-corrected chi connectivity index (χ0v) is 35.6. The quantitative estimate of drug-likeness (QED) is 0.0777. The number of aliphatic carboxylic acids is 1. The number of hydrogen-bond donors (Lipinski definition) is 3. The molecule has 5 aromatic rings. The maximum absolute atomic E-state index is 11.9. The normalized spacial score (nSPS) is 15.6. The van der Waals surface area contributed by atoms with Crippen molar-refractivity contribution in [2.24, 2.45) is 5.41 Å². The van der Waals surface area contributed by atoms with Crippen molar-refractivity contribution < 1.29 is 34.0 Å². The van der Waals surface area contributed by atoms with E-state index in [2.05, 4.69) is 71.5 Å². The molecule has 1 atom stereocenters. The lowest BCUT2D eigenvalue weighted by atomic mass is 9.78. The molecule has 3 N–H and O–H groups in total. The van der Waals surface area contributed by atoms with Crippen LogP contribution >= 0.6 is 11.6 Å². The van der Waals surface area contributed by atoms with Crippen molar-refractivity contribution in [1.29, 1.82) is 5.26 Å². The molecule has 12 heteroatoms. The van der Waals surface area contributed by atoms with E-state index in [1.165, 1.54) is 13.1 Å². The molecule has 0 radical (unpaired) electrons. The number of amides is 1. The molecule has 1 amide bonds. The number of likely N-dealkylation sites (tertiary alicyclic amines) is 1. The Morgan fingerprint density at radius 2 is 1.61 bits per heavy atom. The van der Waals surface area contributed by atoms with Crippen molar-refractivity contribution in [3.8, 4) is 45.6 Å². The fraction of sp³-hybridized carbons (Fsp3) is 0.347. The molecule has 2 fully saturated rings. The van der Waals surface area contributed by atoms with Crippen LogP contribution in [0.25, 0.3) is 22.3 Å². The van der Waals surface area contributed by atoms with Gasteiger partial charge < -0.3 is 29.7 Å². The minimum atomic E-state index is -1.35. The lowest BCUT2D eigenvalue weighted by molar-refractivity contribution is -0.150. The molecule has 316 valence electrons. The molecule has 0 bridgehead atoms. The summed E-state index contributed by atoms with van der Waals surface area (Å²) in [5, 5.41) is 32.4. The number of carboxylic acids is 1. The second-order valence-electron chi connectivity index (χ2n) is 16.5. The van der Waals surface area contributed by atoms with E-state index in [1.807, 2.05) is 24.3 Å². The molecule has 61 heavy (non-hydrogen) atoms. The van der Waals surface area contributed by atoms with E-state index in [0.717, 1.165) is 77.2 Å². The summed E-state index contributed by atoms with van der Waals surface area (Å²) in [6.07, 6.45) is 6.17. The van der Waals surface area contributed by atoms with Crippen LogP contribution in [0.5, 0.6) is 17.2 Å². The van der Waals surface area contributed by atoms with Gasteiger partial charge in [-0.15, -0.1) is 0 Å². The van der Waals surface area contributed by atoms with Gasteiger partial charge in [-0.25, -0.2) is 0 Å². The first-order valence-corrected chi connectivity index (χ1v) is 21.0. The number of β-lactam (4-membered cyclic amide) rings is 1. The lowest BCUT2D eigenvalue weighted by Gasteiger charge is -2.47. The number of nitriles is 1. The third kappa shape index (κ3) is 10.0. The van der Waals surface area contributed by atoms with E-state index in [4.69, 9.17) is 25.8 Å². The number of rotatable bonds is 17. The van der Waals surface area contributed by atoms with Gasteiger partial charge in [-0.2, -0.15) is 5.26 Å². The summed E-state index contributed by atoms with van der Waals surface area (Å²) in [6.45, 7) is 8.95. The van der Waals surface area contributed by atoms with Gasteiger partial charge in [0, 0.05) is 50.1 Å². The van der Waals surface area contributed by atoms with Crippen LogP contribution in [0.15, 0.2) is 91.3 Å². The highest BCUT2D eigenvalue weighted by Crippen LogP contribution is 2.39. The highest BCUT2D eigenvalue weighted by Gasteiger charge is 2.44. The summed E-state index contributed by atoms with van der Waals surface area (Å²) in [6, 6.07) is 28.0. The monoisotopic (exact) mass is 842 g/mol. The van der Waals surface area contributed by atoms with E-state index < -0.39 is 18.0 Å². The van der Waals surface area contributed by atoms with E-state index in [9.17, 15) is 25.1 Å². The first-order valence-electron chi connectivity index (χ1n) is 20.6. The first-order chi connectivity index (χ1) is 29.4. The summed E-state index contributed by atoms with van der Waals surface area (Å²) in [4.78, 5) is 29.9. The molecule has 7 rings (SSSR count). The molecule has 2 saturated heterocycles. The van der Waals surface area contributed by atoms with Gasteiger partial charge in [-0.05, 0) is 115 Å². The van der Waals surface area contributed by atoms with Crippen LogP contribution in [0.3, 0.4) is 0 Å². The highest BCUT2D eigenvalue weighted by molar-refractivity contribution is 6.32. The SMILES string of the molecule is Cc1c(COc2cc(OCc3cncc(C#N)c3)c(CC[C@@](C)(CO)C(=O)O)cc2Cl)cccc1-c1cccc(-c2ccc(OCCN3CCC4(CC3)CC(=O)N4)cc2)c1C. The number of aliphatic hydroxyl groups is 1. The molecule has 1 spiro atoms. The van der Waals surface area contributed by atoms with Crippen molar-refractivity contribution in [2.75, 3.05) is 32.8 Å². The van der Waals surface area contributed by atoms with Crippen molar-refractivity contribution in [3.05, 3.63) is 130 Å². The molecule has 1 aromatic heterocycles. The Bertz CT molecular complexity index is 2430. The van der Waals surface area contributed by atoms with Crippen LogP contribution in [0, 0.1) is 30.6 Å². The smallest absolute Gasteiger partial charge is 0.311 e. The van der Waals surface area contributed by atoms with E-state index >= 15 is 0 Å². The third-order valence-corrected chi connectivity index (χ3v) is 12.6. The van der Waals surface area contributed by atoms with Crippen molar-refractivity contribution in [2.45, 2.75) is 71.6 Å². The zero-order valence-electron chi connectivity index (χ0n) is 34.8. The van der Waals surface area contributed by atoms with Crippen LogP contribution in [-0.2, 0) is 29.2 Å². The summed E-state index contributed by atoms with van der Waals surface area (Å²) in [5.41, 5.74) is 8.08. The van der Waals surface area contributed by atoms with Crippen LogP contribution in [0.4, 0.5) is 0 Å². The van der Waals surface area contributed by atoms with Gasteiger partial charge in [0.25, 0.3) is 0 Å². The Balaban J connectivity index is 1.03. The van der Waals surface area contributed by atoms with Gasteiger partial charge in [0.15, 0.2) is 0 Å². The lowest BCUT2D eigenvalue weighted by Crippen LogP contribution is -2.65. The van der Waals surface area contributed by atoms with Gasteiger partial charge in [0.2, 0.25) is 5.91 Å². The Kier molecular flexibility index (Phi) is 13.3. The number of aliphatic hydroxyl groups excluding tert-OH is 1. The summed E-state index contributed by atoms with van der Waals surface area (Å²) >= 11 is 6.81. The number of pyridine rings is 1. The highest BCUT2D eigenvalue weighted by atomic mass is 35.5. The predicted molar refractivity (Wildman–Crippen MR) is 234 cm³/mol. The number of halogens is 1. The fourth-order valence-corrected chi connectivity index (χ4v) is 8.35. The zero-order chi connectivity index (χ0) is 43.1. The van der Waals surface area contributed by atoms with Crippen molar-refractivity contribution in [1.82, 2.24) is 15.2 Å². The number of nitrogens with zero attached hydrogens (tertiary/aromatic N) is 3. The van der Waals surface area contributed by atoms with Gasteiger partial charge in [-0.1, -0.05) is 60.1 Å². The van der Waals surface area contributed by atoms with Crippen LogP contribution in [-0.4, -0.2) is 70.4 Å². The number of aryl methyl sites for hydroxylation is 1. The number of aromatic nitrogens is 1. The Morgan fingerprint density at radius 1 is 0.918 bits per heavy atom. The van der Waals surface area contributed by atoms with Crippen LogP contribution in [0.2, 0.25) is 5.02 Å². The van der Waals surface area contributed by atoms with Gasteiger partial charge in [0.05, 0.1) is 28.1 Å². The summed E-state index contributed by atoms with van der Waals surface area (Å²) in [7, 11) is 0. The second kappa shape index (κ2) is 18.8. The molecular formula is C49H51ClN4O7. The van der Waals surface area contributed by atoms with Crippen LogP contribution < -0.4 is 19.5 Å². The summed E-state index contributed by atoms with van der Waals surface area (Å²) in [5.74, 6) is 0.749. The topological polar surface area (TPSA) is 154 Å². The number of carbonyl (C=O) groups is 2. The van der Waals surface area contributed by atoms with Gasteiger partial charge in [0.1, 0.15) is 43.1 Å². The van der Waals surface area contributed by atoms with Gasteiger partial charge in [-0.3, -0.25) is 19.5 Å². The largest absolute Gasteiger partial charge is 0.492 e. The number of carboxylic acid groups (broad SMARTS) is 1. The predicted octanol–water partition coefficient (Wildman–Crippen LogP) is 8.46. The van der Waals surface area contributed by atoms with Crippen molar-refractivity contribution >= 4 is 23.5 Å². The number of hydrogen-bond acceptors (Lipinski definition) is 9. The number of ether oxygens (including phenoxy) is 3. The molecule has 3 heterocycles. The molecule has 2 aliphatic heterocycles. The van der Waals surface area contributed by atoms with Gasteiger partial charge >= 0.3 is 5.97 Å². The first kappa shape index (κ1) is 43.2. The Morgan fingerprint density at radius 3 is 2.30 bits per heavy atom. The average Bonchev–Trinajstić information content (AvgIpc) is 3.26. The fourth-order valence-electron chi connectivity index (χ4n) is 8.11. The van der Waals surface area contributed by atoms with E-state index in [1.54, 1.807) is 24.4 Å². The Labute approximate surface area is 361 Å². The standard InChI is InChI=1S/C49H51ClN4O7/c1-32-38(30-61-45-24-44(60-29-35-22-34(26-51)27-52-28-35)37(23-43(45)50)14-15-48(3,31-55)47(57)58)6-4-8-41(32)42-9-5-7-40(33(42)2)36-10-12-39(13-11-36)59-21-20-54-18-16-49(17-19-54)25-46(56)53-49/h4-13,22-24,27-28,55H,14-21,25,29-31H2,1-3H3,(H,53,56)(H,57,58)/t48-/m0/s1. The third-order valence-electron chi connectivity index (χ3n) is 12.3. The average molecular weight is 843 g/mol. The molecular weight excluding hydrogens is 792 g/mol. The molecule has 11 nitrogen and oxygen atoms in total. The molecule has 0 aliphatic carbocycles. The van der Waals surface area contributed by atoms with Crippen molar-refractivity contribution in [3.63, 3.8) is 0 Å². The minimum Gasteiger partial charge on any atom is -0.492 e. The number of piperidine rings is 1. The van der Waals surface area contributed by atoms with E-state index in [-0.39, 0.29) is 37.5 Å². The molecule has 2 aliphatic rings. The number of nitrogens with one attached hydrogen (secondary N) is 1. The molecule has 0 saturated carbocycles. The number of carbonyl (C=O) groups excluding carboxylic acids is 1. The Hall–Kier alpha value is -5.93. The minimum absolute atomic E-state index is 0.0365. The summed E-state index contributed by atoms with van der Waals surface area (Å²) < 4.78 is 18.7. The van der Waals surface area contributed by atoms with E-state index in [0.29, 0.717) is 46.2 Å².